The van der Waals surface area contributed by atoms with Gasteiger partial charge in [0, 0.05) is 23.6 Å². The van der Waals surface area contributed by atoms with Crippen molar-refractivity contribution >= 4 is 40.2 Å². The molecule has 1 aromatic heterocycles. The zero-order valence-electron chi connectivity index (χ0n) is 14.0. The summed E-state index contributed by atoms with van der Waals surface area (Å²) in [5.41, 5.74) is 2.96. The van der Waals surface area contributed by atoms with Gasteiger partial charge in [0.2, 0.25) is 0 Å². The second-order valence-electron chi connectivity index (χ2n) is 5.38. The normalized spacial score (nSPS) is 10.1. The summed E-state index contributed by atoms with van der Waals surface area (Å²) in [6, 6.07) is 14.7. The van der Waals surface area contributed by atoms with E-state index in [0.717, 1.165) is 22.0 Å². The average Bonchev–Trinajstić information content (AvgIpc) is 3.04. The van der Waals surface area contributed by atoms with Crippen molar-refractivity contribution in [2.45, 2.75) is 13.0 Å². The lowest BCUT2D eigenvalue weighted by molar-refractivity contribution is 0.140. The summed E-state index contributed by atoms with van der Waals surface area (Å²) in [4.78, 5) is 14.8. The number of halogens is 2. The van der Waals surface area contributed by atoms with Gasteiger partial charge in [-0.15, -0.1) is 23.2 Å². The highest BCUT2D eigenvalue weighted by molar-refractivity contribution is 6.40. The van der Waals surface area contributed by atoms with E-state index in [9.17, 15) is 9.90 Å². The number of aromatic nitrogens is 1. The zero-order chi connectivity index (χ0) is 18.8. The molecule has 138 valence electrons. The average molecular weight is 395 g/mol. The maximum atomic E-state index is 11.7. The van der Waals surface area contributed by atoms with Crippen LogP contribution in [-0.2, 0) is 17.8 Å². The minimum absolute atomic E-state index is 0.194. The molecular formula is C19H20Cl2N2O3. The van der Waals surface area contributed by atoms with Gasteiger partial charge < -0.3 is 20.1 Å². The van der Waals surface area contributed by atoms with Crippen LogP contribution >= 0.6 is 23.2 Å². The molecule has 3 rings (SSSR count). The van der Waals surface area contributed by atoms with Crippen molar-refractivity contribution in [3.8, 4) is 5.75 Å². The van der Waals surface area contributed by atoms with Gasteiger partial charge in [0.1, 0.15) is 12.4 Å². The van der Waals surface area contributed by atoms with E-state index in [0.29, 0.717) is 13.0 Å². The number of ether oxygens (including phenoxy) is 1. The maximum absolute atomic E-state index is 11.7. The van der Waals surface area contributed by atoms with Gasteiger partial charge >= 0.3 is 6.09 Å². The van der Waals surface area contributed by atoms with Crippen LogP contribution < -0.4 is 5.32 Å². The fourth-order valence-corrected chi connectivity index (χ4v) is 2.45. The van der Waals surface area contributed by atoms with Gasteiger partial charge in [-0.3, -0.25) is 0 Å². The zero-order valence-corrected chi connectivity index (χ0v) is 15.6. The van der Waals surface area contributed by atoms with E-state index >= 15 is 0 Å². The van der Waals surface area contributed by atoms with Crippen LogP contribution in [0.5, 0.6) is 5.75 Å². The Hall–Kier alpha value is -2.37. The topological polar surface area (TPSA) is 74.4 Å². The predicted molar refractivity (Wildman–Crippen MR) is 105 cm³/mol. The Kier molecular flexibility index (Phi) is 8.12. The maximum Gasteiger partial charge on any atom is 0.407 e. The molecule has 2 aromatic carbocycles. The number of hydrogen-bond donors (Lipinski definition) is 3. The molecule has 0 aliphatic heterocycles. The third kappa shape index (κ3) is 6.17. The molecule has 3 aromatic rings. The quantitative estimate of drug-likeness (QED) is 0.545. The number of rotatable bonds is 5. The predicted octanol–water partition coefficient (Wildman–Crippen LogP) is 4.76. The number of aromatic hydroxyl groups is 1. The van der Waals surface area contributed by atoms with Crippen LogP contribution in [0.4, 0.5) is 4.79 Å². The molecule has 0 aliphatic carbocycles. The molecule has 7 heteroatoms. The van der Waals surface area contributed by atoms with Gasteiger partial charge in [-0.2, -0.15) is 0 Å². The summed E-state index contributed by atoms with van der Waals surface area (Å²) in [6.45, 7) is 0.726. The van der Waals surface area contributed by atoms with Gasteiger partial charge in [-0.25, -0.2) is 4.79 Å². The number of fused-ring (bicyclic) bond motifs is 1. The Labute approximate surface area is 161 Å². The Bertz CT molecular complexity index is 822. The minimum Gasteiger partial charge on any atom is -0.508 e. The molecule has 0 spiro atoms. The smallest absolute Gasteiger partial charge is 0.407 e. The van der Waals surface area contributed by atoms with Gasteiger partial charge in [0.25, 0.3) is 0 Å². The van der Waals surface area contributed by atoms with Crippen molar-refractivity contribution < 1.29 is 14.6 Å². The second-order valence-corrected chi connectivity index (χ2v) is 6.19. The monoisotopic (exact) mass is 394 g/mol. The Morgan fingerprint density at radius 1 is 1.15 bits per heavy atom. The van der Waals surface area contributed by atoms with Crippen LogP contribution in [0.2, 0.25) is 0 Å². The molecule has 0 saturated heterocycles. The third-order valence-electron chi connectivity index (χ3n) is 3.63. The van der Waals surface area contributed by atoms with E-state index in [1.165, 1.54) is 0 Å². The van der Waals surface area contributed by atoms with E-state index in [1.807, 2.05) is 42.6 Å². The number of hydrogen-bond acceptors (Lipinski definition) is 3. The minimum atomic E-state index is -0.434. The van der Waals surface area contributed by atoms with Crippen LogP contribution in [0, 0.1) is 0 Å². The summed E-state index contributed by atoms with van der Waals surface area (Å²) in [5.74, 6) is 0.230. The van der Waals surface area contributed by atoms with Crippen LogP contribution in [0.15, 0.2) is 54.7 Å². The van der Waals surface area contributed by atoms with Gasteiger partial charge in [0.05, 0.1) is 5.34 Å². The number of benzene rings is 2. The Morgan fingerprint density at radius 2 is 1.88 bits per heavy atom. The summed E-state index contributed by atoms with van der Waals surface area (Å²) >= 11 is 9.53. The fourth-order valence-electron chi connectivity index (χ4n) is 2.45. The largest absolute Gasteiger partial charge is 0.508 e. The molecule has 0 bridgehead atoms. The highest BCUT2D eigenvalue weighted by atomic mass is 35.5. The molecule has 0 fully saturated rings. The number of phenolic OH excluding ortho intramolecular Hbond substituents is 1. The fraction of sp³-hybridized carbons (Fsp3) is 0.211. The van der Waals surface area contributed by atoms with E-state index in [4.69, 9.17) is 27.9 Å². The number of alkyl carbamates (subject to hydrolysis) is 1. The third-order valence-corrected chi connectivity index (χ3v) is 3.63. The second kappa shape index (κ2) is 10.6. The molecule has 0 atom stereocenters. The van der Waals surface area contributed by atoms with Crippen molar-refractivity contribution in [1.82, 2.24) is 10.3 Å². The molecule has 0 saturated carbocycles. The number of amides is 1. The van der Waals surface area contributed by atoms with Crippen LogP contribution in [0.1, 0.15) is 11.1 Å². The number of phenols is 1. The molecule has 1 amide bonds. The lowest BCUT2D eigenvalue weighted by Crippen LogP contribution is -2.26. The molecule has 1 heterocycles. The Morgan fingerprint density at radius 3 is 2.62 bits per heavy atom. The van der Waals surface area contributed by atoms with E-state index in [2.05, 4.69) is 10.3 Å². The van der Waals surface area contributed by atoms with Crippen LogP contribution in [0.3, 0.4) is 0 Å². The summed E-state index contributed by atoms with van der Waals surface area (Å²) in [7, 11) is 0. The van der Waals surface area contributed by atoms with Crippen molar-refractivity contribution in [2.75, 3.05) is 11.9 Å². The molecule has 26 heavy (non-hydrogen) atoms. The Balaban J connectivity index is 0.000000758. The highest BCUT2D eigenvalue weighted by Gasteiger charge is 2.06. The molecule has 0 aliphatic rings. The van der Waals surface area contributed by atoms with Crippen LogP contribution in [-0.4, -0.2) is 28.1 Å². The van der Waals surface area contributed by atoms with Gasteiger partial charge in [0.15, 0.2) is 0 Å². The molecular weight excluding hydrogens is 375 g/mol. The summed E-state index contributed by atoms with van der Waals surface area (Å²) < 4.78 is 5.16. The van der Waals surface area contributed by atoms with Gasteiger partial charge in [-0.05, 0) is 35.7 Å². The standard InChI is InChI=1S/C18H18N2O3.CH2Cl2/c21-15-6-7-17-16(10-15)14(11-20-17)8-9-19-18(22)23-12-13-4-2-1-3-5-13;2-1-3/h1-7,10-11,20-21H,8-9,12H2,(H,19,22);1H2. The molecule has 3 N–H and O–H groups in total. The van der Waals surface area contributed by atoms with Crippen molar-refractivity contribution in [3.05, 3.63) is 65.9 Å². The first-order chi connectivity index (χ1) is 12.6. The number of aromatic amines is 1. The highest BCUT2D eigenvalue weighted by Crippen LogP contribution is 2.22. The SMILES string of the molecule is ClCCl.O=C(NCCc1c[nH]c2ccc(O)cc12)OCc1ccccc1. The number of alkyl halides is 2. The van der Waals surface area contributed by atoms with Crippen molar-refractivity contribution in [3.63, 3.8) is 0 Å². The van der Waals surface area contributed by atoms with E-state index < -0.39 is 6.09 Å². The lowest BCUT2D eigenvalue weighted by Gasteiger charge is -2.07. The van der Waals surface area contributed by atoms with Gasteiger partial charge in [-0.1, -0.05) is 30.3 Å². The number of nitrogens with one attached hydrogen (secondary N) is 2. The molecule has 0 radical (unpaired) electrons. The van der Waals surface area contributed by atoms with Crippen molar-refractivity contribution in [2.24, 2.45) is 0 Å². The summed E-state index contributed by atoms with van der Waals surface area (Å²) in [6.07, 6.45) is 2.11. The van der Waals surface area contributed by atoms with Crippen LogP contribution in [0.25, 0.3) is 10.9 Å². The van der Waals surface area contributed by atoms with Crippen molar-refractivity contribution in [1.29, 1.82) is 0 Å². The molecule has 0 unspecified atom stereocenters. The summed E-state index contributed by atoms with van der Waals surface area (Å²) in [5, 5.41) is 13.5. The number of carbonyl (C=O) groups is 1. The first-order valence-electron chi connectivity index (χ1n) is 7.99. The number of carbonyl (C=O) groups excluding carboxylic acids is 1. The molecule has 5 nitrogen and oxygen atoms in total. The lowest BCUT2D eigenvalue weighted by atomic mass is 10.1. The number of H-pyrrole nitrogens is 1. The first-order valence-corrected chi connectivity index (χ1v) is 9.06. The van der Waals surface area contributed by atoms with E-state index in [-0.39, 0.29) is 17.7 Å². The first kappa shape index (κ1) is 19.9. The van der Waals surface area contributed by atoms with E-state index in [1.54, 1.807) is 12.1 Å².